The van der Waals surface area contributed by atoms with Crippen LogP contribution >= 0.6 is 0 Å². The van der Waals surface area contributed by atoms with Crippen LogP contribution < -0.4 is 5.32 Å². The minimum Gasteiger partial charge on any atom is -0.310 e. The highest BCUT2D eigenvalue weighted by Crippen LogP contribution is 2.18. The number of carbonyl (C=O) groups is 1. The highest BCUT2D eigenvalue weighted by molar-refractivity contribution is 5.51. The minimum atomic E-state index is 0.449. The molecule has 88 valence electrons. The molecule has 2 nitrogen and oxygen atoms in total. The summed E-state index contributed by atoms with van der Waals surface area (Å²) in [4.78, 5) is 10.1. The van der Waals surface area contributed by atoms with Crippen LogP contribution in [0.15, 0.2) is 24.3 Å². The molecule has 1 N–H and O–H groups in total. The fourth-order valence-corrected chi connectivity index (χ4v) is 1.64. The van der Waals surface area contributed by atoms with E-state index in [0.29, 0.717) is 12.5 Å². The molecular weight excluding hydrogens is 198 g/mol. The summed E-state index contributed by atoms with van der Waals surface area (Å²) in [7, 11) is 0. The van der Waals surface area contributed by atoms with Crippen LogP contribution in [-0.4, -0.2) is 19.4 Å². The van der Waals surface area contributed by atoms with Crippen LogP contribution in [0.1, 0.15) is 37.3 Å². The Bertz CT molecular complexity index is 305. The van der Waals surface area contributed by atoms with E-state index in [4.69, 9.17) is 0 Å². The van der Waals surface area contributed by atoms with Gasteiger partial charge in [-0.15, -0.1) is 0 Å². The van der Waals surface area contributed by atoms with Crippen molar-refractivity contribution in [3.05, 3.63) is 35.4 Å². The van der Waals surface area contributed by atoms with E-state index in [0.717, 1.165) is 19.3 Å². The highest BCUT2D eigenvalue weighted by Gasteiger charge is 2.01. The van der Waals surface area contributed by atoms with Gasteiger partial charge in [0, 0.05) is 0 Å². The van der Waals surface area contributed by atoms with Crippen molar-refractivity contribution in [2.75, 3.05) is 13.1 Å². The zero-order valence-electron chi connectivity index (χ0n) is 10.2. The maximum absolute atomic E-state index is 10.1. The lowest BCUT2D eigenvalue weighted by Gasteiger charge is -2.09. The first kappa shape index (κ1) is 12.9. The number of nitrogens with one attached hydrogen (secondary N) is 1. The van der Waals surface area contributed by atoms with Gasteiger partial charge in [0.2, 0.25) is 0 Å². The second kappa shape index (κ2) is 7.18. The number of carbonyl (C=O) groups excluding carboxylic acids is 1. The van der Waals surface area contributed by atoms with E-state index in [9.17, 15) is 4.79 Å². The first-order chi connectivity index (χ1) is 7.77. The summed E-state index contributed by atoms with van der Waals surface area (Å²) >= 11 is 0. The van der Waals surface area contributed by atoms with Crippen LogP contribution in [0.5, 0.6) is 0 Å². The second-order valence-electron chi connectivity index (χ2n) is 4.17. The van der Waals surface area contributed by atoms with Crippen molar-refractivity contribution in [1.82, 2.24) is 5.32 Å². The van der Waals surface area contributed by atoms with Gasteiger partial charge in [-0.3, -0.25) is 0 Å². The molecule has 0 bridgehead atoms. The fraction of sp³-hybridized carbons (Fsp3) is 0.500. The Morgan fingerprint density at radius 1 is 1.31 bits per heavy atom. The van der Waals surface area contributed by atoms with Gasteiger partial charge in [-0.05, 0) is 36.4 Å². The largest absolute Gasteiger partial charge is 0.310 e. The van der Waals surface area contributed by atoms with E-state index in [1.807, 2.05) is 0 Å². The smallest absolute Gasteiger partial charge is 0.133 e. The molecule has 0 aliphatic rings. The van der Waals surface area contributed by atoms with Crippen molar-refractivity contribution in [3.8, 4) is 0 Å². The van der Waals surface area contributed by atoms with Crippen molar-refractivity contribution in [1.29, 1.82) is 0 Å². The maximum Gasteiger partial charge on any atom is 0.133 e. The number of benzene rings is 1. The summed E-state index contributed by atoms with van der Waals surface area (Å²) in [6.45, 7) is 5.77. The summed E-state index contributed by atoms with van der Waals surface area (Å²) in [6, 6.07) is 8.79. The quantitative estimate of drug-likeness (QED) is 0.564. The molecule has 1 aromatic rings. The Labute approximate surface area is 98.1 Å². The third-order valence-corrected chi connectivity index (χ3v) is 2.98. The predicted molar refractivity (Wildman–Crippen MR) is 67.8 cm³/mol. The molecule has 0 fully saturated rings. The van der Waals surface area contributed by atoms with Crippen LogP contribution in [0.25, 0.3) is 0 Å². The molecule has 2 heteroatoms. The summed E-state index contributed by atoms with van der Waals surface area (Å²) in [5.74, 6) is 0.641. The first-order valence-corrected chi connectivity index (χ1v) is 6.01. The number of hydrogen-bond acceptors (Lipinski definition) is 2. The lowest BCUT2D eigenvalue weighted by molar-refractivity contribution is -0.107. The van der Waals surface area contributed by atoms with Gasteiger partial charge in [-0.2, -0.15) is 0 Å². The van der Waals surface area contributed by atoms with Crippen molar-refractivity contribution >= 4 is 6.29 Å². The second-order valence-corrected chi connectivity index (χ2v) is 4.17. The minimum absolute atomic E-state index is 0.449. The van der Waals surface area contributed by atoms with Crippen molar-refractivity contribution in [3.63, 3.8) is 0 Å². The van der Waals surface area contributed by atoms with Gasteiger partial charge in [0.15, 0.2) is 0 Å². The van der Waals surface area contributed by atoms with Gasteiger partial charge in [0.05, 0.1) is 6.54 Å². The van der Waals surface area contributed by atoms with Crippen molar-refractivity contribution < 1.29 is 4.79 Å². The molecule has 0 heterocycles. The van der Waals surface area contributed by atoms with Crippen LogP contribution in [0.3, 0.4) is 0 Å². The first-order valence-electron chi connectivity index (χ1n) is 6.01. The molecule has 0 saturated carbocycles. The average molecular weight is 219 g/mol. The summed E-state index contributed by atoms with van der Waals surface area (Å²) in [5, 5.41) is 3.06. The normalized spacial score (nSPS) is 12.4. The van der Waals surface area contributed by atoms with Gasteiger partial charge in [-0.25, -0.2) is 0 Å². The van der Waals surface area contributed by atoms with Gasteiger partial charge < -0.3 is 10.1 Å². The molecule has 0 amide bonds. The molecule has 0 aliphatic heterocycles. The molecular formula is C14H21NO. The Morgan fingerprint density at radius 2 is 2.00 bits per heavy atom. The Kier molecular flexibility index (Phi) is 5.79. The number of aldehydes is 1. The Balaban J connectivity index is 2.42. The number of hydrogen-bond donors (Lipinski definition) is 1. The molecule has 0 spiro atoms. The molecule has 1 aromatic carbocycles. The molecule has 1 rings (SSSR count). The standard InChI is InChI=1S/C14H21NO/c1-3-12(2)14-6-4-13(5-7-14)8-9-15-10-11-16/h4-7,11-12,15H,3,8-10H2,1-2H3. The van der Waals surface area contributed by atoms with Gasteiger partial charge >= 0.3 is 0 Å². The van der Waals surface area contributed by atoms with Gasteiger partial charge in [0.25, 0.3) is 0 Å². The highest BCUT2D eigenvalue weighted by atomic mass is 16.1. The van der Waals surface area contributed by atoms with Crippen LogP contribution in [-0.2, 0) is 11.2 Å². The molecule has 0 aromatic heterocycles. The van der Waals surface area contributed by atoms with Crippen LogP contribution in [0.2, 0.25) is 0 Å². The lowest BCUT2D eigenvalue weighted by atomic mass is 9.97. The molecule has 0 radical (unpaired) electrons. The molecule has 1 atom stereocenters. The van der Waals surface area contributed by atoms with E-state index >= 15 is 0 Å². The number of rotatable bonds is 7. The molecule has 0 aliphatic carbocycles. The molecule has 0 saturated heterocycles. The topological polar surface area (TPSA) is 29.1 Å². The fourth-order valence-electron chi connectivity index (χ4n) is 1.64. The Hall–Kier alpha value is -1.15. The van der Waals surface area contributed by atoms with Gasteiger partial charge in [-0.1, -0.05) is 38.1 Å². The Morgan fingerprint density at radius 3 is 2.56 bits per heavy atom. The zero-order valence-corrected chi connectivity index (χ0v) is 10.2. The molecule has 1 unspecified atom stereocenters. The summed E-state index contributed by atoms with van der Waals surface area (Å²) in [5.41, 5.74) is 2.73. The molecule has 16 heavy (non-hydrogen) atoms. The average Bonchev–Trinajstić information content (AvgIpc) is 2.34. The zero-order chi connectivity index (χ0) is 11.8. The van der Waals surface area contributed by atoms with E-state index < -0.39 is 0 Å². The maximum atomic E-state index is 10.1. The lowest BCUT2D eigenvalue weighted by Crippen LogP contribution is -2.19. The van der Waals surface area contributed by atoms with Crippen LogP contribution in [0, 0.1) is 0 Å². The summed E-state index contributed by atoms with van der Waals surface area (Å²) in [6.07, 6.45) is 3.06. The predicted octanol–water partition coefficient (Wildman–Crippen LogP) is 2.53. The third-order valence-electron chi connectivity index (χ3n) is 2.98. The van der Waals surface area contributed by atoms with Crippen molar-refractivity contribution in [2.24, 2.45) is 0 Å². The SMILES string of the molecule is CCC(C)c1ccc(CCNCC=O)cc1. The van der Waals surface area contributed by atoms with E-state index in [1.165, 1.54) is 17.5 Å². The van der Waals surface area contributed by atoms with E-state index in [2.05, 4.69) is 43.4 Å². The van der Waals surface area contributed by atoms with Crippen molar-refractivity contribution in [2.45, 2.75) is 32.6 Å². The van der Waals surface area contributed by atoms with E-state index in [1.54, 1.807) is 0 Å². The summed E-state index contributed by atoms with van der Waals surface area (Å²) < 4.78 is 0. The van der Waals surface area contributed by atoms with Crippen LogP contribution in [0.4, 0.5) is 0 Å². The van der Waals surface area contributed by atoms with E-state index in [-0.39, 0.29) is 0 Å². The third kappa shape index (κ3) is 4.15. The van der Waals surface area contributed by atoms with Gasteiger partial charge in [0.1, 0.15) is 6.29 Å². The monoisotopic (exact) mass is 219 g/mol.